The van der Waals surface area contributed by atoms with E-state index in [1.807, 2.05) is 20.8 Å². The molecule has 0 spiro atoms. The predicted molar refractivity (Wildman–Crippen MR) is 72.3 cm³/mol. The quantitative estimate of drug-likeness (QED) is 0.755. The standard InChI is InChI=1S/C11H20N4O4S/c1-5-14(9(2)3)11(16)15-8-12-10(13-15)20(17,18)7-6-19-4/h8-9H,5-7H2,1-4H3. The molecule has 0 aromatic carbocycles. The van der Waals surface area contributed by atoms with Crippen LogP contribution in [0.5, 0.6) is 0 Å². The molecule has 1 rings (SSSR count). The number of aromatic nitrogens is 3. The number of rotatable bonds is 6. The molecule has 1 aromatic rings. The van der Waals surface area contributed by atoms with Gasteiger partial charge in [-0.05, 0) is 20.8 Å². The van der Waals surface area contributed by atoms with Gasteiger partial charge in [0.05, 0.1) is 12.4 Å². The Kier molecular flexibility index (Phi) is 5.63. The lowest BCUT2D eigenvalue weighted by Crippen LogP contribution is -2.39. The SMILES string of the molecule is CCN(C(=O)n1cnc(S(=O)(=O)CCOC)n1)C(C)C. The molecule has 1 heterocycles. The van der Waals surface area contributed by atoms with Crippen molar-refractivity contribution in [2.24, 2.45) is 0 Å². The number of carbonyl (C=O) groups excluding carboxylic acids is 1. The number of carbonyl (C=O) groups is 1. The summed E-state index contributed by atoms with van der Waals surface area (Å²) in [5, 5.41) is 3.40. The fraction of sp³-hybridized carbons (Fsp3) is 0.727. The maximum Gasteiger partial charge on any atom is 0.346 e. The molecule has 0 aliphatic rings. The fourth-order valence-electron chi connectivity index (χ4n) is 1.62. The normalized spacial score (nSPS) is 11.8. The highest BCUT2D eigenvalue weighted by atomic mass is 32.2. The highest BCUT2D eigenvalue weighted by Gasteiger charge is 2.23. The van der Waals surface area contributed by atoms with Crippen LogP contribution in [0.4, 0.5) is 4.79 Å². The Morgan fingerprint density at radius 2 is 2.15 bits per heavy atom. The summed E-state index contributed by atoms with van der Waals surface area (Å²) in [6.45, 7) is 6.13. The zero-order valence-corrected chi connectivity index (χ0v) is 12.9. The maximum atomic E-state index is 12.1. The van der Waals surface area contributed by atoms with Crippen LogP contribution in [0.25, 0.3) is 0 Å². The molecular weight excluding hydrogens is 284 g/mol. The van der Waals surface area contributed by atoms with Crippen molar-refractivity contribution in [1.29, 1.82) is 0 Å². The average molecular weight is 304 g/mol. The summed E-state index contributed by atoms with van der Waals surface area (Å²) in [4.78, 5) is 17.4. The minimum absolute atomic E-state index is 0.00903. The first-order chi connectivity index (χ1) is 9.33. The highest BCUT2D eigenvalue weighted by Crippen LogP contribution is 2.06. The van der Waals surface area contributed by atoms with Crippen LogP contribution in [-0.2, 0) is 14.6 Å². The van der Waals surface area contributed by atoms with Crippen molar-refractivity contribution >= 4 is 15.9 Å². The number of hydrogen-bond acceptors (Lipinski definition) is 6. The second-order valence-electron chi connectivity index (χ2n) is 4.45. The van der Waals surface area contributed by atoms with Gasteiger partial charge in [-0.2, -0.15) is 4.68 Å². The zero-order valence-electron chi connectivity index (χ0n) is 12.1. The molecule has 1 amide bonds. The predicted octanol–water partition coefficient (Wildman–Crippen LogP) is 0.397. The number of methoxy groups -OCH3 is 1. The minimum atomic E-state index is -3.63. The largest absolute Gasteiger partial charge is 0.384 e. The minimum Gasteiger partial charge on any atom is -0.384 e. The van der Waals surface area contributed by atoms with Crippen molar-refractivity contribution in [3.63, 3.8) is 0 Å². The third-order valence-corrected chi connectivity index (χ3v) is 4.16. The number of hydrogen-bond donors (Lipinski definition) is 0. The van der Waals surface area contributed by atoms with Gasteiger partial charge in [-0.1, -0.05) is 0 Å². The Morgan fingerprint density at radius 3 is 2.65 bits per heavy atom. The Labute approximate surface area is 118 Å². The summed E-state index contributed by atoms with van der Waals surface area (Å²) < 4.78 is 29.4. The molecule has 0 fully saturated rings. The first kappa shape index (κ1) is 16.6. The van der Waals surface area contributed by atoms with Crippen LogP contribution in [0.3, 0.4) is 0 Å². The molecule has 1 aromatic heterocycles. The van der Waals surface area contributed by atoms with E-state index < -0.39 is 15.9 Å². The molecule has 0 aliphatic carbocycles. The summed E-state index contributed by atoms with van der Waals surface area (Å²) in [5.41, 5.74) is 0. The van der Waals surface area contributed by atoms with Crippen LogP contribution < -0.4 is 0 Å². The van der Waals surface area contributed by atoms with E-state index in [0.717, 1.165) is 11.0 Å². The molecule has 0 saturated carbocycles. The first-order valence-corrected chi connectivity index (χ1v) is 7.93. The Morgan fingerprint density at radius 1 is 1.50 bits per heavy atom. The number of amides is 1. The number of nitrogens with zero attached hydrogens (tertiary/aromatic N) is 4. The van der Waals surface area contributed by atoms with E-state index in [1.165, 1.54) is 7.11 Å². The maximum absolute atomic E-state index is 12.1. The molecule has 114 valence electrons. The van der Waals surface area contributed by atoms with Crippen LogP contribution >= 0.6 is 0 Å². The van der Waals surface area contributed by atoms with Crippen molar-refractivity contribution in [2.75, 3.05) is 26.0 Å². The number of ether oxygens (including phenoxy) is 1. The molecular formula is C11H20N4O4S. The van der Waals surface area contributed by atoms with Gasteiger partial charge in [-0.25, -0.2) is 18.2 Å². The topological polar surface area (TPSA) is 94.4 Å². The van der Waals surface area contributed by atoms with Crippen molar-refractivity contribution < 1.29 is 17.9 Å². The molecule has 0 N–H and O–H groups in total. The molecule has 0 saturated heterocycles. The summed E-state index contributed by atoms with van der Waals surface area (Å²) >= 11 is 0. The van der Waals surface area contributed by atoms with Crippen molar-refractivity contribution in [1.82, 2.24) is 19.7 Å². The van der Waals surface area contributed by atoms with Gasteiger partial charge >= 0.3 is 6.03 Å². The van der Waals surface area contributed by atoms with Gasteiger partial charge in [0.25, 0.3) is 5.16 Å². The summed E-state index contributed by atoms with van der Waals surface area (Å²) in [6.07, 6.45) is 1.12. The van der Waals surface area contributed by atoms with E-state index in [0.29, 0.717) is 6.54 Å². The zero-order chi connectivity index (χ0) is 15.3. The lowest BCUT2D eigenvalue weighted by Gasteiger charge is -2.24. The summed E-state index contributed by atoms with van der Waals surface area (Å²) in [6, 6.07) is -0.409. The number of sulfone groups is 1. The molecule has 0 atom stereocenters. The second kappa shape index (κ2) is 6.80. The fourth-order valence-corrected chi connectivity index (χ4v) is 2.61. The molecule has 0 bridgehead atoms. The summed E-state index contributed by atoms with van der Waals surface area (Å²) in [5.74, 6) is -0.219. The lowest BCUT2D eigenvalue weighted by atomic mass is 10.3. The Bertz CT molecular complexity index is 553. The third kappa shape index (κ3) is 3.76. The van der Waals surface area contributed by atoms with Gasteiger partial charge in [0.1, 0.15) is 6.33 Å². The molecule has 20 heavy (non-hydrogen) atoms. The summed E-state index contributed by atoms with van der Waals surface area (Å²) in [7, 11) is -2.22. The van der Waals surface area contributed by atoms with Crippen LogP contribution in [0, 0.1) is 0 Å². The monoisotopic (exact) mass is 304 g/mol. The van der Waals surface area contributed by atoms with E-state index >= 15 is 0 Å². The molecule has 0 aliphatic heterocycles. The van der Waals surface area contributed by atoms with Crippen molar-refractivity contribution in [3.05, 3.63) is 6.33 Å². The van der Waals surface area contributed by atoms with Crippen LogP contribution in [-0.4, -0.2) is 66.2 Å². The van der Waals surface area contributed by atoms with Gasteiger partial charge in [-0.15, -0.1) is 5.10 Å². The Balaban J connectivity index is 2.95. The Hall–Kier alpha value is -1.48. The molecule has 9 heteroatoms. The van der Waals surface area contributed by atoms with Gasteiger partial charge in [-0.3, -0.25) is 0 Å². The molecule has 0 unspecified atom stereocenters. The highest BCUT2D eigenvalue weighted by molar-refractivity contribution is 7.91. The van der Waals surface area contributed by atoms with Crippen LogP contribution in [0.1, 0.15) is 20.8 Å². The van der Waals surface area contributed by atoms with Gasteiger partial charge in [0.15, 0.2) is 0 Å². The van der Waals surface area contributed by atoms with Crippen LogP contribution in [0.15, 0.2) is 11.5 Å². The second-order valence-corrected chi connectivity index (χ2v) is 6.45. The van der Waals surface area contributed by atoms with E-state index in [-0.39, 0.29) is 23.6 Å². The van der Waals surface area contributed by atoms with Crippen molar-refractivity contribution in [3.8, 4) is 0 Å². The lowest BCUT2D eigenvalue weighted by molar-refractivity contribution is 0.185. The smallest absolute Gasteiger partial charge is 0.346 e. The van der Waals surface area contributed by atoms with Gasteiger partial charge < -0.3 is 9.64 Å². The van der Waals surface area contributed by atoms with E-state index in [4.69, 9.17) is 4.74 Å². The van der Waals surface area contributed by atoms with E-state index in [9.17, 15) is 13.2 Å². The third-order valence-electron chi connectivity index (χ3n) is 2.71. The van der Waals surface area contributed by atoms with E-state index in [2.05, 4.69) is 10.1 Å². The first-order valence-electron chi connectivity index (χ1n) is 6.27. The average Bonchev–Trinajstić information content (AvgIpc) is 2.87. The van der Waals surface area contributed by atoms with Gasteiger partial charge in [0, 0.05) is 19.7 Å². The van der Waals surface area contributed by atoms with Crippen molar-refractivity contribution in [2.45, 2.75) is 32.0 Å². The van der Waals surface area contributed by atoms with Gasteiger partial charge in [0.2, 0.25) is 9.84 Å². The molecule has 8 nitrogen and oxygen atoms in total. The molecule has 0 radical (unpaired) electrons. The van der Waals surface area contributed by atoms with E-state index in [1.54, 1.807) is 4.90 Å². The van der Waals surface area contributed by atoms with Crippen LogP contribution in [0.2, 0.25) is 0 Å².